The van der Waals surface area contributed by atoms with Gasteiger partial charge in [-0.1, -0.05) is 0 Å². The molecule has 5 nitrogen and oxygen atoms in total. The zero-order valence-electron chi connectivity index (χ0n) is 6.23. The fraction of sp³-hybridized carbons (Fsp3) is 0.800. The highest BCUT2D eigenvalue weighted by atomic mass is 32.2. The molecule has 1 fully saturated rings. The van der Waals surface area contributed by atoms with Crippen molar-refractivity contribution in [3.63, 3.8) is 0 Å². The van der Waals surface area contributed by atoms with E-state index >= 15 is 0 Å². The van der Waals surface area contributed by atoms with Crippen molar-refractivity contribution in [1.29, 1.82) is 0 Å². The van der Waals surface area contributed by atoms with Crippen LogP contribution in [-0.4, -0.2) is 50.0 Å². The van der Waals surface area contributed by atoms with Crippen molar-refractivity contribution in [2.45, 2.75) is 0 Å². The van der Waals surface area contributed by atoms with Gasteiger partial charge in [0.05, 0.1) is 6.54 Å². The first kappa shape index (κ1) is 8.63. The molecular weight excluding hydrogens is 168 g/mol. The predicted molar refractivity (Wildman–Crippen MR) is 39.2 cm³/mol. The minimum absolute atomic E-state index is 0.0350. The largest absolute Gasteiger partial charge is 0.302 e. The maximum Gasteiger partial charge on any atom is 0.282 e. The highest BCUT2D eigenvalue weighted by Gasteiger charge is 2.32. The standard InChI is InChI=1S/C5H10N2O3S/c1-6-2-3-7(4-5-8)11(6,9)10/h5H,2-4H2,1H3. The molecular formula is C5H10N2O3S. The van der Waals surface area contributed by atoms with Gasteiger partial charge in [0.25, 0.3) is 10.2 Å². The summed E-state index contributed by atoms with van der Waals surface area (Å²) in [5, 5.41) is 0. The first-order valence-electron chi connectivity index (χ1n) is 3.24. The summed E-state index contributed by atoms with van der Waals surface area (Å²) in [6.07, 6.45) is 0.594. The molecule has 0 amide bonds. The van der Waals surface area contributed by atoms with Crippen LogP contribution in [0, 0.1) is 0 Å². The Balaban J connectivity index is 2.79. The van der Waals surface area contributed by atoms with Crippen LogP contribution in [0.2, 0.25) is 0 Å². The van der Waals surface area contributed by atoms with Crippen LogP contribution >= 0.6 is 0 Å². The van der Waals surface area contributed by atoms with E-state index in [0.29, 0.717) is 19.4 Å². The molecule has 6 heteroatoms. The fourth-order valence-corrected chi connectivity index (χ4v) is 2.22. The quantitative estimate of drug-likeness (QED) is 0.493. The summed E-state index contributed by atoms with van der Waals surface area (Å²) in [7, 11) is -1.79. The van der Waals surface area contributed by atoms with Gasteiger partial charge in [-0.25, -0.2) is 0 Å². The summed E-state index contributed by atoms with van der Waals surface area (Å²) in [5.41, 5.74) is 0. The molecule has 1 aliphatic heterocycles. The normalized spacial score (nSPS) is 25.5. The summed E-state index contributed by atoms with van der Waals surface area (Å²) < 4.78 is 24.7. The van der Waals surface area contributed by atoms with Crippen molar-refractivity contribution < 1.29 is 13.2 Å². The van der Waals surface area contributed by atoms with Gasteiger partial charge in [0.15, 0.2) is 0 Å². The SMILES string of the molecule is CN1CCN(CC=O)S1(=O)=O. The third-order valence-corrected chi connectivity index (χ3v) is 3.62. The summed E-state index contributed by atoms with van der Waals surface area (Å²) in [6, 6.07) is 0. The second-order valence-electron chi connectivity index (χ2n) is 2.35. The third kappa shape index (κ3) is 1.42. The fourth-order valence-electron chi connectivity index (χ4n) is 0.949. The van der Waals surface area contributed by atoms with Crippen molar-refractivity contribution in [1.82, 2.24) is 8.61 Å². The lowest BCUT2D eigenvalue weighted by Crippen LogP contribution is -2.31. The van der Waals surface area contributed by atoms with Crippen molar-refractivity contribution in [3.8, 4) is 0 Å². The average molecular weight is 178 g/mol. The van der Waals surface area contributed by atoms with E-state index in [1.54, 1.807) is 0 Å². The first-order chi connectivity index (χ1) is 5.09. The van der Waals surface area contributed by atoms with Crippen molar-refractivity contribution in [2.24, 2.45) is 0 Å². The average Bonchev–Trinajstić information content (AvgIpc) is 2.16. The van der Waals surface area contributed by atoms with E-state index in [0.717, 1.165) is 4.31 Å². The first-order valence-corrected chi connectivity index (χ1v) is 4.64. The minimum Gasteiger partial charge on any atom is -0.302 e. The van der Waals surface area contributed by atoms with Gasteiger partial charge in [0, 0.05) is 20.1 Å². The van der Waals surface area contributed by atoms with Crippen LogP contribution in [0.3, 0.4) is 0 Å². The Morgan fingerprint density at radius 2 is 2.09 bits per heavy atom. The van der Waals surface area contributed by atoms with E-state index in [2.05, 4.69) is 0 Å². The lowest BCUT2D eigenvalue weighted by atomic mass is 10.6. The molecule has 0 aliphatic carbocycles. The molecule has 1 aliphatic rings. The van der Waals surface area contributed by atoms with Gasteiger partial charge in [0.2, 0.25) is 0 Å². The molecule has 11 heavy (non-hydrogen) atoms. The summed E-state index contributed by atoms with van der Waals surface area (Å²) in [6.45, 7) is 0.848. The molecule has 64 valence electrons. The van der Waals surface area contributed by atoms with Crippen LogP contribution in [-0.2, 0) is 15.0 Å². The van der Waals surface area contributed by atoms with E-state index in [9.17, 15) is 13.2 Å². The number of nitrogens with zero attached hydrogens (tertiary/aromatic N) is 2. The topological polar surface area (TPSA) is 57.7 Å². The highest BCUT2D eigenvalue weighted by molar-refractivity contribution is 7.87. The van der Waals surface area contributed by atoms with Gasteiger partial charge >= 0.3 is 0 Å². The predicted octanol–water partition coefficient (Wildman–Crippen LogP) is -1.32. The number of likely N-dealkylation sites (N-methyl/N-ethyl adjacent to an activating group) is 1. The van der Waals surface area contributed by atoms with Gasteiger partial charge in [0.1, 0.15) is 6.29 Å². The second kappa shape index (κ2) is 2.88. The van der Waals surface area contributed by atoms with Crippen LogP contribution in [0.25, 0.3) is 0 Å². The molecule has 0 bridgehead atoms. The highest BCUT2D eigenvalue weighted by Crippen LogP contribution is 2.11. The van der Waals surface area contributed by atoms with Crippen LogP contribution in [0.4, 0.5) is 0 Å². The Labute approximate surface area is 65.8 Å². The second-order valence-corrected chi connectivity index (χ2v) is 4.39. The zero-order valence-corrected chi connectivity index (χ0v) is 7.04. The minimum atomic E-state index is -3.29. The molecule has 0 unspecified atom stereocenters. The van der Waals surface area contributed by atoms with Crippen LogP contribution < -0.4 is 0 Å². The molecule has 0 aromatic heterocycles. The Hall–Kier alpha value is -0.460. The van der Waals surface area contributed by atoms with Gasteiger partial charge in [-0.2, -0.15) is 17.0 Å². The molecule has 0 aromatic rings. The van der Waals surface area contributed by atoms with E-state index in [4.69, 9.17) is 0 Å². The number of carbonyl (C=O) groups excluding carboxylic acids is 1. The van der Waals surface area contributed by atoms with Crippen LogP contribution in [0.5, 0.6) is 0 Å². The van der Waals surface area contributed by atoms with Gasteiger partial charge in [-0.3, -0.25) is 0 Å². The summed E-state index contributed by atoms with van der Waals surface area (Å²) >= 11 is 0. The number of carbonyl (C=O) groups is 1. The molecule has 1 heterocycles. The molecule has 0 spiro atoms. The third-order valence-electron chi connectivity index (χ3n) is 1.66. The Kier molecular flexibility index (Phi) is 2.26. The Morgan fingerprint density at radius 1 is 1.45 bits per heavy atom. The van der Waals surface area contributed by atoms with Gasteiger partial charge in [-0.05, 0) is 0 Å². The monoisotopic (exact) mass is 178 g/mol. The van der Waals surface area contributed by atoms with E-state index in [-0.39, 0.29) is 6.54 Å². The van der Waals surface area contributed by atoms with Crippen LogP contribution in [0.15, 0.2) is 0 Å². The Morgan fingerprint density at radius 3 is 2.45 bits per heavy atom. The van der Waals surface area contributed by atoms with Crippen LogP contribution in [0.1, 0.15) is 0 Å². The number of hydrogen-bond donors (Lipinski definition) is 0. The zero-order chi connectivity index (χ0) is 8.48. The molecule has 0 aromatic carbocycles. The lowest BCUT2D eigenvalue weighted by Gasteiger charge is -2.11. The van der Waals surface area contributed by atoms with Gasteiger partial charge < -0.3 is 4.79 Å². The maximum atomic E-state index is 11.2. The molecule has 1 saturated heterocycles. The van der Waals surface area contributed by atoms with Crippen molar-refractivity contribution in [2.75, 3.05) is 26.7 Å². The van der Waals surface area contributed by atoms with E-state index < -0.39 is 10.2 Å². The van der Waals surface area contributed by atoms with Crippen molar-refractivity contribution in [3.05, 3.63) is 0 Å². The molecule has 0 N–H and O–H groups in total. The smallest absolute Gasteiger partial charge is 0.282 e. The number of aldehydes is 1. The molecule has 1 rings (SSSR count). The van der Waals surface area contributed by atoms with E-state index in [1.165, 1.54) is 11.4 Å². The molecule has 0 saturated carbocycles. The summed E-state index contributed by atoms with van der Waals surface area (Å²) in [5.74, 6) is 0. The summed E-state index contributed by atoms with van der Waals surface area (Å²) in [4.78, 5) is 10.0. The van der Waals surface area contributed by atoms with Gasteiger partial charge in [-0.15, -0.1) is 0 Å². The Bertz CT molecular complexity index is 248. The maximum absolute atomic E-state index is 11.2. The van der Waals surface area contributed by atoms with E-state index in [1.807, 2.05) is 0 Å². The number of hydrogen-bond acceptors (Lipinski definition) is 3. The number of rotatable bonds is 2. The molecule has 0 atom stereocenters. The lowest BCUT2D eigenvalue weighted by molar-refractivity contribution is -0.108. The van der Waals surface area contributed by atoms with Crippen molar-refractivity contribution >= 4 is 16.5 Å². The molecule has 0 radical (unpaired) electrons.